The Kier molecular flexibility index (Phi) is 5.53. The number of aliphatic hydroxyl groups is 1. The second kappa shape index (κ2) is 8.53. The molecule has 1 amide bonds. The van der Waals surface area contributed by atoms with E-state index in [0.29, 0.717) is 17.4 Å². The quantitative estimate of drug-likeness (QED) is 0.587. The van der Waals surface area contributed by atoms with Crippen molar-refractivity contribution in [3.8, 4) is 11.4 Å². The topological polar surface area (TPSA) is 96.2 Å². The van der Waals surface area contributed by atoms with Crippen molar-refractivity contribution in [3.63, 3.8) is 0 Å². The first-order chi connectivity index (χ1) is 16.3. The molecular formula is C26H28N6O2. The summed E-state index contributed by atoms with van der Waals surface area (Å²) in [5.41, 5.74) is 3.02. The molecule has 0 bridgehead atoms. The van der Waals surface area contributed by atoms with Crippen LogP contribution in [0.4, 0.5) is 5.69 Å². The maximum Gasteiger partial charge on any atom is 0.251 e. The molecule has 1 aliphatic heterocycles. The minimum Gasteiger partial charge on any atom is -0.384 e. The number of nitrogens with one attached hydrogen (secondary N) is 1. The third-order valence-corrected chi connectivity index (χ3v) is 6.16. The fourth-order valence-electron chi connectivity index (χ4n) is 4.03. The molecule has 3 heterocycles. The Balaban J connectivity index is 1.34. The number of aromatic nitrogens is 4. The first-order valence-electron chi connectivity index (χ1n) is 11.4. The van der Waals surface area contributed by atoms with Crippen LogP contribution < -0.4 is 5.32 Å². The zero-order chi connectivity index (χ0) is 23.9. The number of nitrogens with zero attached hydrogens (tertiary/aromatic N) is 5. The predicted octanol–water partition coefficient (Wildman–Crippen LogP) is 3.75. The van der Waals surface area contributed by atoms with Crippen LogP contribution in [0.1, 0.15) is 44.0 Å². The number of amides is 1. The number of rotatable bonds is 6. The fourth-order valence-corrected chi connectivity index (χ4v) is 4.03. The molecule has 1 aliphatic carbocycles. The molecule has 34 heavy (non-hydrogen) atoms. The Bertz CT molecular complexity index is 1260. The van der Waals surface area contributed by atoms with E-state index in [-0.39, 0.29) is 5.91 Å². The van der Waals surface area contributed by atoms with E-state index in [4.69, 9.17) is 0 Å². The van der Waals surface area contributed by atoms with Gasteiger partial charge in [0.15, 0.2) is 5.82 Å². The summed E-state index contributed by atoms with van der Waals surface area (Å²) >= 11 is 0. The van der Waals surface area contributed by atoms with Gasteiger partial charge in [-0.1, -0.05) is 18.2 Å². The van der Waals surface area contributed by atoms with E-state index in [1.165, 1.54) is 0 Å². The summed E-state index contributed by atoms with van der Waals surface area (Å²) in [5.74, 6) is 0.687. The highest BCUT2D eigenvalue weighted by Crippen LogP contribution is 2.37. The molecule has 8 heteroatoms. The molecule has 0 saturated heterocycles. The van der Waals surface area contributed by atoms with E-state index in [9.17, 15) is 9.90 Å². The van der Waals surface area contributed by atoms with Crippen molar-refractivity contribution in [3.05, 3.63) is 78.5 Å². The third-order valence-electron chi connectivity index (χ3n) is 6.16. The van der Waals surface area contributed by atoms with E-state index < -0.39 is 11.6 Å². The minimum absolute atomic E-state index is 0.133. The summed E-state index contributed by atoms with van der Waals surface area (Å²) in [6, 6.07) is 11.4. The molecule has 1 fully saturated rings. The van der Waals surface area contributed by atoms with Gasteiger partial charge in [0.1, 0.15) is 18.0 Å². The van der Waals surface area contributed by atoms with Gasteiger partial charge in [0.25, 0.3) is 5.91 Å². The normalized spacial score (nSPS) is 18.1. The largest absolute Gasteiger partial charge is 0.384 e. The van der Waals surface area contributed by atoms with Crippen LogP contribution in [0.2, 0.25) is 0 Å². The molecule has 1 atom stereocenters. The molecular weight excluding hydrogens is 428 g/mol. The van der Waals surface area contributed by atoms with Crippen LogP contribution in [0.5, 0.6) is 0 Å². The molecule has 3 aromatic rings. The lowest BCUT2D eigenvalue weighted by Gasteiger charge is -2.27. The molecule has 0 radical (unpaired) electrons. The first kappa shape index (κ1) is 22.0. The summed E-state index contributed by atoms with van der Waals surface area (Å²) in [4.78, 5) is 19.5. The number of hydrogen-bond acceptors (Lipinski definition) is 6. The van der Waals surface area contributed by atoms with E-state index in [1.807, 2.05) is 66.7 Å². The number of hydrogen-bond donors (Lipinski definition) is 2. The van der Waals surface area contributed by atoms with Crippen LogP contribution >= 0.6 is 0 Å². The highest BCUT2D eigenvalue weighted by Gasteiger charge is 2.27. The number of carbonyl (C=O) groups excluding carboxylic acids is 1. The smallest absolute Gasteiger partial charge is 0.251 e. The number of likely N-dealkylation sites (N-methyl/N-ethyl adjacent to an activating group) is 1. The molecule has 0 spiro atoms. The van der Waals surface area contributed by atoms with E-state index >= 15 is 0 Å². The highest BCUT2D eigenvalue weighted by molar-refractivity contribution is 5.98. The first-order valence-corrected chi connectivity index (χ1v) is 11.4. The molecule has 2 aliphatic rings. The van der Waals surface area contributed by atoms with Crippen molar-refractivity contribution in [2.75, 3.05) is 12.4 Å². The van der Waals surface area contributed by atoms with Crippen molar-refractivity contribution < 1.29 is 9.90 Å². The van der Waals surface area contributed by atoms with Gasteiger partial charge in [0, 0.05) is 36.7 Å². The molecule has 2 N–H and O–H groups in total. The Morgan fingerprint density at radius 1 is 1.18 bits per heavy atom. The maximum atomic E-state index is 13.2. The van der Waals surface area contributed by atoms with Crippen molar-refractivity contribution in [1.82, 2.24) is 24.6 Å². The van der Waals surface area contributed by atoms with Gasteiger partial charge < -0.3 is 19.9 Å². The Morgan fingerprint density at radius 2 is 2.00 bits per heavy atom. The number of pyridine rings is 1. The summed E-state index contributed by atoms with van der Waals surface area (Å²) in [6.45, 7) is 3.41. The van der Waals surface area contributed by atoms with E-state index in [1.54, 1.807) is 26.4 Å². The van der Waals surface area contributed by atoms with Gasteiger partial charge in [-0.25, -0.2) is 0 Å². The second-order valence-electron chi connectivity index (χ2n) is 9.40. The minimum atomic E-state index is -1.00. The lowest BCUT2D eigenvalue weighted by atomic mass is 9.99. The van der Waals surface area contributed by atoms with Crippen LogP contribution in [0.15, 0.2) is 67.3 Å². The average molecular weight is 457 g/mol. The summed E-state index contributed by atoms with van der Waals surface area (Å²) < 4.78 is 2.10. The Labute approximate surface area is 198 Å². The molecule has 174 valence electrons. The van der Waals surface area contributed by atoms with Gasteiger partial charge >= 0.3 is 0 Å². The van der Waals surface area contributed by atoms with Crippen LogP contribution in [0.3, 0.4) is 0 Å². The number of allylic oxidation sites excluding steroid dienone is 2. The Hall–Kier alpha value is -3.78. The predicted molar refractivity (Wildman–Crippen MR) is 131 cm³/mol. The lowest BCUT2D eigenvalue weighted by Crippen LogP contribution is -2.39. The molecule has 1 saturated carbocycles. The number of carbonyl (C=O) groups is 1. The van der Waals surface area contributed by atoms with Crippen LogP contribution in [-0.2, 0) is 10.4 Å². The highest BCUT2D eigenvalue weighted by atomic mass is 16.3. The van der Waals surface area contributed by atoms with E-state index in [0.717, 1.165) is 35.4 Å². The number of anilines is 1. The third kappa shape index (κ3) is 4.49. The van der Waals surface area contributed by atoms with Gasteiger partial charge in [-0.2, -0.15) is 0 Å². The standard InChI is InChI=1S/C26H28N6O2/c1-26(2,34)23-10-7-19(15-27-23)17-11-12-31(3)22(14-17)25(33)29-20-6-4-5-18(13-20)24-30-28-16-32(24)21-8-9-21/h4-7,10-16,21-22,34H,8-9H2,1-3H3,(H,29,33). The molecule has 5 rings (SSSR count). The summed E-state index contributed by atoms with van der Waals surface area (Å²) in [5, 5.41) is 21.6. The van der Waals surface area contributed by atoms with E-state index in [2.05, 4.69) is 25.1 Å². The SMILES string of the molecule is CN1C=CC(c2ccc(C(C)(C)O)nc2)=CC1C(=O)Nc1cccc(-c2nncn2C2CC2)c1. The van der Waals surface area contributed by atoms with Crippen LogP contribution in [-0.4, -0.2) is 48.8 Å². The van der Waals surface area contributed by atoms with Gasteiger partial charge in [-0.15, -0.1) is 10.2 Å². The zero-order valence-electron chi connectivity index (χ0n) is 19.5. The molecule has 1 unspecified atom stereocenters. The molecule has 8 nitrogen and oxygen atoms in total. The second-order valence-corrected chi connectivity index (χ2v) is 9.40. The van der Waals surface area contributed by atoms with Crippen LogP contribution in [0.25, 0.3) is 17.0 Å². The molecule has 2 aromatic heterocycles. The van der Waals surface area contributed by atoms with Crippen LogP contribution in [0, 0.1) is 0 Å². The average Bonchev–Trinajstić information content (AvgIpc) is 3.55. The monoisotopic (exact) mass is 456 g/mol. The van der Waals surface area contributed by atoms with Gasteiger partial charge in [-0.05, 0) is 68.2 Å². The summed E-state index contributed by atoms with van der Waals surface area (Å²) in [7, 11) is 1.87. The lowest BCUT2D eigenvalue weighted by molar-refractivity contribution is -0.118. The molecule has 1 aromatic carbocycles. The van der Waals surface area contributed by atoms with Crippen molar-refractivity contribution in [1.29, 1.82) is 0 Å². The van der Waals surface area contributed by atoms with Crippen molar-refractivity contribution >= 4 is 17.2 Å². The Morgan fingerprint density at radius 3 is 2.71 bits per heavy atom. The summed E-state index contributed by atoms with van der Waals surface area (Å²) in [6.07, 6.45) is 11.6. The van der Waals surface area contributed by atoms with Crippen molar-refractivity contribution in [2.24, 2.45) is 0 Å². The maximum absolute atomic E-state index is 13.2. The fraction of sp³-hybridized carbons (Fsp3) is 0.308. The zero-order valence-corrected chi connectivity index (χ0v) is 19.5. The van der Waals surface area contributed by atoms with Gasteiger partial charge in [0.2, 0.25) is 0 Å². The van der Waals surface area contributed by atoms with Gasteiger partial charge in [0.05, 0.1) is 5.69 Å². The number of benzene rings is 1. The van der Waals surface area contributed by atoms with Gasteiger partial charge in [-0.3, -0.25) is 9.78 Å². The van der Waals surface area contributed by atoms with Crippen molar-refractivity contribution in [2.45, 2.75) is 44.4 Å².